The summed E-state index contributed by atoms with van der Waals surface area (Å²) in [6.07, 6.45) is 1.43. The van der Waals surface area contributed by atoms with Crippen LogP contribution in [0.25, 0.3) is 0 Å². The molecule has 1 fully saturated rings. The lowest BCUT2D eigenvalue weighted by molar-refractivity contribution is 0.0696. The zero-order chi connectivity index (χ0) is 14.7. The summed E-state index contributed by atoms with van der Waals surface area (Å²) < 4.78 is 0. The van der Waals surface area contributed by atoms with Crippen molar-refractivity contribution in [2.75, 3.05) is 31.1 Å². The number of hydrogen-bond donors (Lipinski definition) is 1. The first-order chi connectivity index (χ1) is 9.47. The van der Waals surface area contributed by atoms with E-state index in [9.17, 15) is 4.79 Å². The highest BCUT2D eigenvalue weighted by Gasteiger charge is 2.25. The Morgan fingerprint density at radius 1 is 1.40 bits per heavy atom. The van der Waals surface area contributed by atoms with Crippen LogP contribution in [0.3, 0.4) is 0 Å². The molecule has 2 heterocycles. The number of carboxylic acid groups (broad SMARTS) is 1. The molecule has 5 heteroatoms. The van der Waals surface area contributed by atoms with Crippen LogP contribution in [-0.2, 0) is 0 Å². The first-order valence-corrected chi connectivity index (χ1v) is 6.94. The quantitative estimate of drug-likeness (QED) is 0.910. The van der Waals surface area contributed by atoms with Gasteiger partial charge in [-0.25, -0.2) is 9.78 Å². The maximum absolute atomic E-state index is 10.8. The van der Waals surface area contributed by atoms with E-state index in [1.807, 2.05) is 0 Å². The number of piperazine rings is 1. The summed E-state index contributed by atoms with van der Waals surface area (Å²) in [5.74, 6) is 1.35. The monoisotopic (exact) mass is 276 g/mol. The predicted octanol–water partition coefficient (Wildman–Crippen LogP) is 1.90. The van der Waals surface area contributed by atoms with E-state index >= 15 is 0 Å². The van der Waals surface area contributed by atoms with Crippen LogP contribution in [-0.4, -0.2) is 53.2 Å². The maximum atomic E-state index is 10.8. The van der Waals surface area contributed by atoms with Crippen molar-refractivity contribution in [2.24, 2.45) is 0 Å². The number of anilines is 1. The Morgan fingerprint density at radius 3 is 2.65 bits per heavy atom. The molecular formula is C15H22N3O2. The Bertz CT molecular complexity index is 459. The summed E-state index contributed by atoms with van der Waals surface area (Å²) >= 11 is 0. The van der Waals surface area contributed by atoms with Crippen molar-refractivity contribution >= 4 is 11.8 Å². The van der Waals surface area contributed by atoms with E-state index in [4.69, 9.17) is 5.11 Å². The van der Waals surface area contributed by atoms with Gasteiger partial charge >= 0.3 is 5.97 Å². The molecule has 1 saturated heterocycles. The van der Waals surface area contributed by atoms with Crippen LogP contribution in [0.15, 0.2) is 18.3 Å². The Balaban J connectivity index is 2.01. The van der Waals surface area contributed by atoms with E-state index in [0.717, 1.165) is 32.0 Å². The second-order valence-corrected chi connectivity index (χ2v) is 5.69. The third-order valence-corrected chi connectivity index (χ3v) is 3.54. The molecular weight excluding hydrogens is 254 g/mol. The van der Waals surface area contributed by atoms with Crippen LogP contribution >= 0.6 is 0 Å². The summed E-state index contributed by atoms with van der Waals surface area (Å²) in [7, 11) is 0. The van der Waals surface area contributed by atoms with Gasteiger partial charge in [0.05, 0.1) is 5.56 Å². The Kier molecular flexibility index (Phi) is 4.60. The third-order valence-electron chi connectivity index (χ3n) is 3.54. The molecule has 1 atom stereocenters. The van der Waals surface area contributed by atoms with Crippen molar-refractivity contribution < 1.29 is 9.90 Å². The first kappa shape index (κ1) is 14.8. The second-order valence-electron chi connectivity index (χ2n) is 5.69. The fourth-order valence-electron chi connectivity index (χ4n) is 2.65. The van der Waals surface area contributed by atoms with Crippen LogP contribution in [0.5, 0.6) is 0 Å². The molecule has 5 nitrogen and oxygen atoms in total. The number of carbonyl (C=O) groups is 1. The van der Waals surface area contributed by atoms with Gasteiger partial charge in [0.15, 0.2) is 0 Å². The minimum absolute atomic E-state index is 0.233. The number of hydrogen-bond acceptors (Lipinski definition) is 4. The average molecular weight is 276 g/mol. The molecule has 0 unspecified atom stereocenters. The van der Waals surface area contributed by atoms with Crippen LogP contribution in [0.2, 0.25) is 0 Å². The van der Waals surface area contributed by atoms with Gasteiger partial charge in [-0.1, -0.05) is 13.8 Å². The molecule has 0 spiro atoms. The Labute approximate surface area is 120 Å². The minimum Gasteiger partial charge on any atom is -0.478 e. The number of aromatic nitrogens is 1. The molecule has 1 N–H and O–H groups in total. The number of pyridine rings is 1. The molecule has 2 rings (SSSR count). The zero-order valence-electron chi connectivity index (χ0n) is 12.3. The van der Waals surface area contributed by atoms with E-state index in [1.54, 1.807) is 12.1 Å². The summed E-state index contributed by atoms with van der Waals surface area (Å²) in [5, 5.41) is 8.89. The lowest BCUT2D eigenvalue weighted by Gasteiger charge is -2.41. The van der Waals surface area contributed by atoms with Gasteiger partial charge in [-0.15, -0.1) is 0 Å². The highest BCUT2D eigenvalue weighted by atomic mass is 16.4. The van der Waals surface area contributed by atoms with Crippen LogP contribution in [0.1, 0.15) is 31.1 Å². The van der Waals surface area contributed by atoms with E-state index in [1.165, 1.54) is 12.1 Å². The van der Waals surface area contributed by atoms with Gasteiger partial charge in [-0.05, 0) is 25.0 Å². The lowest BCUT2D eigenvalue weighted by Crippen LogP contribution is -2.52. The van der Waals surface area contributed by atoms with Crippen LogP contribution < -0.4 is 4.90 Å². The maximum Gasteiger partial charge on any atom is 0.337 e. The van der Waals surface area contributed by atoms with Gasteiger partial charge in [-0.3, -0.25) is 4.90 Å². The largest absolute Gasteiger partial charge is 0.478 e. The lowest BCUT2D eigenvalue weighted by atomic mass is 10.1. The summed E-state index contributed by atoms with van der Waals surface area (Å²) in [4.78, 5) is 19.8. The number of rotatable bonds is 4. The average Bonchev–Trinajstić information content (AvgIpc) is 2.38. The fourth-order valence-corrected chi connectivity index (χ4v) is 2.65. The fraction of sp³-hybridized carbons (Fsp3) is 0.533. The van der Waals surface area contributed by atoms with Gasteiger partial charge in [-0.2, -0.15) is 0 Å². The van der Waals surface area contributed by atoms with E-state index < -0.39 is 5.97 Å². The molecule has 0 bridgehead atoms. The molecule has 1 aromatic rings. The Hall–Kier alpha value is -1.62. The summed E-state index contributed by atoms with van der Waals surface area (Å²) in [5.41, 5.74) is 0.233. The van der Waals surface area contributed by atoms with Crippen molar-refractivity contribution in [1.29, 1.82) is 0 Å². The van der Waals surface area contributed by atoms with Gasteiger partial charge in [0.25, 0.3) is 0 Å². The van der Waals surface area contributed by atoms with Crippen molar-refractivity contribution in [3.63, 3.8) is 0 Å². The smallest absolute Gasteiger partial charge is 0.337 e. The van der Waals surface area contributed by atoms with Crippen LogP contribution in [0, 0.1) is 5.92 Å². The molecule has 109 valence electrons. The Morgan fingerprint density at radius 2 is 2.15 bits per heavy atom. The van der Waals surface area contributed by atoms with E-state index in [2.05, 4.69) is 35.6 Å². The van der Waals surface area contributed by atoms with Crippen molar-refractivity contribution in [3.8, 4) is 0 Å². The highest BCUT2D eigenvalue weighted by Crippen LogP contribution is 2.19. The molecule has 0 aliphatic carbocycles. The molecule has 0 aromatic carbocycles. The molecule has 1 aliphatic heterocycles. The molecule has 0 saturated carbocycles. The van der Waals surface area contributed by atoms with Gasteiger partial charge in [0, 0.05) is 38.4 Å². The zero-order valence-corrected chi connectivity index (χ0v) is 12.3. The van der Waals surface area contributed by atoms with Gasteiger partial charge < -0.3 is 10.0 Å². The first-order valence-electron chi connectivity index (χ1n) is 6.94. The molecule has 0 amide bonds. The predicted molar refractivity (Wildman–Crippen MR) is 79.0 cm³/mol. The summed E-state index contributed by atoms with van der Waals surface area (Å²) in [6, 6.07) is 3.80. The number of nitrogens with zero attached hydrogens (tertiary/aromatic N) is 3. The van der Waals surface area contributed by atoms with Gasteiger partial charge in [0.1, 0.15) is 5.82 Å². The third kappa shape index (κ3) is 3.48. The van der Waals surface area contributed by atoms with E-state index in [0.29, 0.717) is 6.04 Å². The topological polar surface area (TPSA) is 56.7 Å². The second kappa shape index (κ2) is 6.22. The summed E-state index contributed by atoms with van der Waals surface area (Å²) in [6.45, 7) is 10.5. The van der Waals surface area contributed by atoms with Crippen LogP contribution in [0.4, 0.5) is 5.82 Å². The number of aromatic carboxylic acids is 1. The van der Waals surface area contributed by atoms with Crippen molar-refractivity contribution in [2.45, 2.75) is 26.8 Å². The van der Waals surface area contributed by atoms with Crippen molar-refractivity contribution in [1.82, 2.24) is 9.88 Å². The van der Waals surface area contributed by atoms with Gasteiger partial charge in [0.2, 0.25) is 0 Å². The molecule has 1 aromatic heterocycles. The highest BCUT2D eigenvalue weighted by molar-refractivity contribution is 5.87. The normalized spacial score (nSPS) is 20.4. The molecule has 20 heavy (non-hydrogen) atoms. The van der Waals surface area contributed by atoms with E-state index in [-0.39, 0.29) is 5.56 Å². The molecule has 1 aliphatic rings. The minimum atomic E-state index is -0.934. The standard InChI is InChI=1S/C15H22N3O2/c1-11(2)9-17-6-7-18(12(3)10-17)14-5-4-13(8-16-14)15(19)20/h4-5,8,12H,6-7,9-10H2,1-3H3,(H,19,20)/t12-/m1/s1. The SMILES string of the molecule is C[C](C)CN1CCN(c2ccc(C(=O)O)cn2)[C@H](C)C1. The number of carboxylic acids is 1. The molecule has 1 radical (unpaired) electrons. The van der Waals surface area contributed by atoms with Crippen molar-refractivity contribution in [3.05, 3.63) is 29.8 Å².